The van der Waals surface area contributed by atoms with Gasteiger partial charge in [-0.15, -0.1) is 0 Å². The van der Waals surface area contributed by atoms with Gasteiger partial charge >= 0.3 is 0 Å². The zero-order valence-corrected chi connectivity index (χ0v) is 10.9. The number of aryl methyl sites for hydroxylation is 1. The number of imidazole rings is 1. The highest BCUT2D eigenvalue weighted by atomic mass is 127. The number of benzene rings is 1. The van der Waals surface area contributed by atoms with Gasteiger partial charge in [0.1, 0.15) is 0 Å². The predicted octanol–water partition coefficient (Wildman–Crippen LogP) is 3.72. The fraction of sp³-hybridized carbons (Fsp3) is 0.100. The Morgan fingerprint density at radius 2 is 2.27 bits per heavy atom. The van der Waals surface area contributed by atoms with Crippen LogP contribution in [0.3, 0.4) is 0 Å². The van der Waals surface area contributed by atoms with E-state index >= 15 is 0 Å². The van der Waals surface area contributed by atoms with E-state index in [2.05, 4.69) is 37.9 Å². The number of nitrogens with one attached hydrogen (secondary N) is 2. The standard InChI is InChI=1S/C10H9ClIN3/c1-6-5-13-10(14-6)15-9-3-2-7(11)4-8(9)12/h2-5H,1H3,(H2,13,14,15). The van der Waals surface area contributed by atoms with Gasteiger partial charge in [-0.25, -0.2) is 4.98 Å². The van der Waals surface area contributed by atoms with Crippen LogP contribution in [0.1, 0.15) is 5.69 Å². The molecule has 3 nitrogen and oxygen atoms in total. The Morgan fingerprint density at radius 3 is 2.87 bits per heavy atom. The largest absolute Gasteiger partial charge is 0.328 e. The zero-order chi connectivity index (χ0) is 10.8. The maximum atomic E-state index is 5.87. The molecule has 0 aliphatic carbocycles. The van der Waals surface area contributed by atoms with Crippen molar-refractivity contribution in [3.05, 3.63) is 38.7 Å². The summed E-state index contributed by atoms with van der Waals surface area (Å²) in [6.45, 7) is 1.96. The number of rotatable bonds is 2. The maximum absolute atomic E-state index is 5.87. The fourth-order valence-corrected chi connectivity index (χ4v) is 2.20. The fourth-order valence-electron chi connectivity index (χ4n) is 1.19. The zero-order valence-electron chi connectivity index (χ0n) is 8.01. The lowest BCUT2D eigenvalue weighted by Gasteiger charge is -2.05. The van der Waals surface area contributed by atoms with E-state index in [-0.39, 0.29) is 0 Å². The minimum Gasteiger partial charge on any atom is -0.328 e. The van der Waals surface area contributed by atoms with Crippen molar-refractivity contribution >= 4 is 45.8 Å². The first kappa shape index (κ1) is 10.8. The molecular formula is C10H9ClIN3. The van der Waals surface area contributed by atoms with Gasteiger partial charge in [0.15, 0.2) is 0 Å². The van der Waals surface area contributed by atoms with Gasteiger partial charge in [0.05, 0.1) is 5.69 Å². The van der Waals surface area contributed by atoms with E-state index in [0.717, 1.165) is 25.9 Å². The summed E-state index contributed by atoms with van der Waals surface area (Å²) >= 11 is 8.10. The number of hydrogen-bond acceptors (Lipinski definition) is 2. The van der Waals surface area contributed by atoms with Gasteiger partial charge in [0.2, 0.25) is 5.95 Å². The van der Waals surface area contributed by atoms with Crippen molar-refractivity contribution in [2.45, 2.75) is 6.92 Å². The summed E-state index contributed by atoms with van der Waals surface area (Å²) in [6, 6.07) is 5.68. The molecule has 1 aromatic heterocycles. The first-order chi connectivity index (χ1) is 7.15. The molecule has 78 valence electrons. The quantitative estimate of drug-likeness (QED) is 0.822. The van der Waals surface area contributed by atoms with Crippen molar-refractivity contribution in [2.75, 3.05) is 5.32 Å². The van der Waals surface area contributed by atoms with Gasteiger partial charge in [-0.2, -0.15) is 0 Å². The molecule has 2 rings (SSSR count). The molecule has 1 aromatic carbocycles. The third kappa shape index (κ3) is 2.63. The predicted molar refractivity (Wildman–Crippen MR) is 70.8 cm³/mol. The van der Waals surface area contributed by atoms with E-state index < -0.39 is 0 Å². The van der Waals surface area contributed by atoms with E-state index in [9.17, 15) is 0 Å². The number of halogens is 2. The van der Waals surface area contributed by atoms with E-state index in [4.69, 9.17) is 11.6 Å². The van der Waals surface area contributed by atoms with Crippen molar-refractivity contribution in [1.29, 1.82) is 0 Å². The van der Waals surface area contributed by atoms with Crippen molar-refractivity contribution in [3.63, 3.8) is 0 Å². The lowest BCUT2D eigenvalue weighted by molar-refractivity contribution is 1.24. The highest BCUT2D eigenvalue weighted by molar-refractivity contribution is 14.1. The molecule has 1 heterocycles. The van der Waals surface area contributed by atoms with Crippen LogP contribution in [0.2, 0.25) is 5.02 Å². The minimum atomic E-state index is 0.737. The third-order valence-corrected chi connectivity index (χ3v) is 3.01. The Hall–Kier alpha value is -0.750. The van der Waals surface area contributed by atoms with Gasteiger partial charge in [0.25, 0.3) is 0 Å². The van der Waals surface area contributed by atoms with Gasteiger partial charge in [0, 0.05) is 20.5 Å². The molecule has 0 spiro atoms. The highest BCUT2D eigenvalue weighted by Crippen LogP contribution is 2.24. The van der Waals surface area contributed by atoms with Gasteiger partial charge in [-0.05, 0) is 47.7 Å². The molecule has 0 aliphatic heterocycles. The second-order valence-corrected chi connectivity index (χ2v) is 4.76. The van der Waals surface area contributed by atoms with Gasteiger partial charge in [-0.1, -0.05) is 11.6 Å². The average Bonchev–Trinajstić information content (AvgIpc) is 2.56. The Kier molecular flexibility index (Phi) is 3.16. The number of aromatic nitrogens is 2. The lowest BCUT2D eigenvalue weighted by atomic mass is 10.3. The summed E-state index contributed by atoms with van der Waals surface area (Å²) in [5, 5.41) is 3.92. The van der Waals surface area contributed by atoms with Crippen LogP contribution in [0.15, 0.2) is 24.4 Å². The SMILES string of the molecule is Cc1cnc(Nc2ccc(Cl)cc2I)[nH]1. The number of nitrogens with zero attached hydrogens (tertiary/aromatic N) is 1. The average molecular weight is 334 g/mol. The second-order valence-electron chi connectivity index (χ2n) is 3.16. The van der Waals surface area contributed by atoms with Crippen LogP contribution in [-0.2, 0) is 0 Å². The highest BCUT2D eigenvalue weighted by Gasteiger charge is 2.02. The number of anilines is 2. The van der Waals surface area contributed by atoms with Crippen molar-refractivity contribution in [2.24, 2.45) is 0 Å². The summed E-state index contributed by atoms with van der Waals surface area (Å²) in [5.74, 6) is 0.743. The molecule has 0 unspecified atom stereocenters. The van der Waals surface area contributed by atoms with Gasteiger partial charge in [-0.3, -0.25) is 0 Å². The lowest BCUT2D eigenvalue weighted by Crippen LogP contribution is -1.94. The minimum absolute atomic E-state index is 0.737. The number of aromatic amines is 1. The molecule has 0 atom stereocenters. The monoisotopic (exact) mass is 333 g/mol. The first-order valence-corrected chi connectivity index (χ1v) is 5.84. The Labute approximate surface area is 106 Å². The van der Waals surface area contributed by atoms with E-state index in [0.29, 0.717) is 0 Å². The molecule has 0 aliphatic rings. The van der Waals surface area contributed by atoms with E-state index in [1.165, 1.54) is 0 Å². The van der Waals surface area contributed by atoms with Crippen molar-refractivity contribution < 1.29 is 0 Å². The molecule has 5 heteroatoms. The van der Waals surface area contributed by atoms with Crippen molar-refractivity contribution in [1.82, 2.24) is 9.97 Å². The topological polar surface area (TPSA) is 40.7 Å². The Bertz CT molecular complexity index is 481. The molecular weight excluding hydrogens is 324 g/mol. The number of H-pyrrole nitrogens is 1. The molecule has 2 aromatic rings. The first-order valence-electron chi connectivity index (χ1n) is 4.39. The van der Waals surface area contributed by atoms with Crippen LogP contribution in [0.5, 0.6) is 0 Å². The molecule has 0 bridgehead atoms. The summed E-state index contributed by atoms with van der Waals surface area (Å²) in [6.07, 6.45) is 1.78. The van der Waals surface area contributed by atoms with Gasteiger partial charge < -0.3 is 10.3 Å². The third-order valence-electron chi connectivity index (χ3n) is 1.89. The summed E-state index contributed by atoms with van der Waals surface area (Å²) in [4.78, 5) is 7.28. The van der Waals surface area contributed by atoms with Crippen LogP contribution >= 0.6 is 34.2 Å². The molecule has 2 N–H and O–H groups in total. The normalized spacial score (nSPS) is 10.3. The molecule has 0 saturated heterocycles. The second kappa shape index (κ2) is 4.40. The van der Waals surface area contributed by atoms with Crippen LogP contribution in [0.4, 0.5) is 11.6 Å². The molecule has 15 heavy (non-hydrogen) atoms. The summed E-state index contributed by atoms with van der Waals surface area (Å²) < 4.78 is 1.06. The molecule has 0 saturated carbocycles. The van der Waals surface area contributed by atoms with E-state index in [1.54, 1.807) is 6.20 Å². The van der Waals surface area contributed by atoms with E-state index in [1.807, 2.05) is 25.1 Å². The van der Waals surface area contributed by atoms with Crippen LogP contribution in [0, 0.1) is 10.5 Å². The number of hydrogen-bond donors (Lipinski definition) is 2. The summed E-state index contributed by atoms with van der Waals surface area (Å²) in [5.41, 5.74) is 2.02. The molecule has 0 radical (unpaired) electrons. The van der Waals surface area contributed by atoms with Crippen LogP contribution in [-0.4, -0.2) is 9.97 Å². The molecule has 0 fully saturated rings. The Morgan fingerprint density at radius 1 is 1.47 bits per heavy atom. The van der Waals surface area contributed by atoms with Crippen LogP contribution < -0.4 is 5.32 Å². The Balaban J connectivity index is 2.24. The van der Waals surface area contributed by atoms with Crippen molar-refractivity contribution in [3.8, 4) is 0 Å². The molecule has 0 amide bonds. The van der Waals surface area contributed by atoms with Crippen LogP contribution in [0.25, 0.3) is 0 Å². The summed E-state index contributed by atoms with van der Waals surface area (Å²) in [7, 11) is 0. The maximum Gasteiger partial charge on any atom is 0.204 e. The smallest absolute Gasteiger partial charge is 0.204 e.